The van der Waals surface area contributed by atoms with E-state index >= 15 is 0 Å². The van der Waals surface area contributed by atoms with E-state index in [0.717, 1.165) is 38.2 Å². The third kappa shape index (κ3) is 3.74. The van der Waals surface area contributed by atoms with Gasteiger partial charge < -0.3 is 19.2 Å². The summed E-state index contributed by atoms with van der Waals surface area (Å²) in [6, 6.07) is 4.29. The van der Waals surface area contributed by atoms with Crippen LogP contribution in [0.1, 0.15) is 24.0 Å². The molecule has 0 amide bonds. The average Bonchev–Trinajstić information content (AvgIpc) is 3.09. The van der Waals surface area contributed by atoms with Crippen LogP contribution in [-0.4, -0.2) is 56.5 Å². The van der Waals surface area contributed by atoms with Gasteiger partial charge in [0.1, 0.15) is 5.75 Å². The summed E-state index contributed by atoms with van der Waals surface area (Å²) in [6.45, 7) is 6.51. The molecule has 1 aliphatic heterocycles. The summed E-state index contributed by atoms with van der Waals surface area (Å²) in [6.07, 6.45) is 4.53. The molecule has 1 aromatic carbocycles. The van der Waals surface area contributed by atoms with E-state index in [4.69, 9.17) is 14.2 Å². The Morgan fingerprint density at radius 1 is 1.21 bits per heavy atom. The molecule has 1 saturated heterocycles. The van der Waals surface area contributed by atoms with Crippen molar-refractivity contribution >= 4 is 10.9 Å². The Hall–Kier alpha value is -1.56. The lowest BCUT2D eigenvalue weighted by atomic mass is 10.0. The number of nitrogens with one attached hydrogen (secondary N) is 1. The van der Waals surface area contributed by atoms with Gasteiger partial charge in [0.15, 0.2) is 0 Å². The molecule has 0 bridgehead atoms. The number of nitrogens with zero attached hydrogens (tertiary/aromatic N) is 1. The molecule has 1 aliphatic rings. The topological polar surface area (TPSA) is 46.7 Å². The van der Waals surface area contributed by atoms with Crippen LogP contribution < -0.4 is 4.74 Å². The van der Waals surface area contributed by atoms with E-state index in [2.05, 4.69) is 28.9 Å². The van der Waals surface area contributed by atoms with Crippen molar-refractivity contribution < 1.29 is 14.2 Å². The molecule has 1 aromatic heterocycles. The van der Waals surface area contributed by atoms with Crippen LogP contribution in [0.2, 0.25) is 0 Å². The quantitative estimate of drug-likeness (QED) is 0.792. The summed E-state index contributed by atoms with van der Waals surface area (Å²) in [7, 11) is 3.47. The molecule has 0 radical (unpaired) electrons. The number of aromatic nitrogens is 1. The predicted octanol–water partition coefficient (Wildman–Crippen LogP) is 3.11. The highest BCUT2D eigenvalue weighted by atomic mass is 16.5. The second kappa shape index (κ2) is 8.01. The number of likely N-dealkylation sites (tertiary alicyclic amines) is 1. The SMILES string of the molecule is COCCOC1CCN(Cc2c(OC)cc(C)c3[nH]ccc23)CC1. The highest BCUT2D eigenvalue weighted by Crippen LogP contribution is 2.32. The van der Waals surface area contributed by atoms with Crippen LogP contribution in [-0.2, 0) is 16.0 Å². The van der Waals surface area contributed by atoms with Crippen LogP contribution in [0.3, 0.4) is 0 Å². The Morgan fingerprint density at radius 2 is 2.00 bits per heavy atom. The van der Waals surface area contributed by atoms with Gasteiger partial charge in [0.05, 0.1) is 26.4 Å². The van der Waals surface area contributed by atoms with Crippen molar-refractivity contribution in [3.8, 4) is 5.75 Å². The number of aromatic amines is 1. The molecule has 5 nitrogen and oxygen atoms in total. The second-order valence-corrected chi connectivity index (χ2v) is 6.48. The summed E-state index contributed by atoms with van der Waals surface area (Å²) in [5.41, 5.74) is 3.71. The number of ether oxygens (including phenoxy) is 3. The first-order valence-corrected chi connectivity index (χ1v) is 8.69. The number of rotatable bonds is 7. The van der Waals surface area contributed by atoms with Gasteiger partial charge in [0.2, 0.25) is 0 Å². The fourth-order valence-corrected chi connectivity index (χ4v) is 3.54. The normalized spacial score (nSPS) is 16.8. The molecule has 0 aliphatic carbocycles. The van der Waals surface area contributed by atoms with E-state index in [1.807, 2.05) is 6.20 Å². The summed E-state index contributed by atoms with van der Waals surface area (Å²) in [5.74, 6) is 0.984. The van der Waals surface area contributed by atoms with Crippen molar-refractivity contribution in [3.05, 3.63) is 29.5 Å². The van der Waals surface area contributed by atoms with Crippen LogP contribution in [0.15, 0.2) is 18.3 Å². The zero-order valence-electron chi connectivity index (χ0n) is 14.9. The number of piperidine rings is 1. The molecule has 5 heteroatoms. The zero-order valence-corrected chi connectivity index (χ0v) is 14.9. The number of H-pyrrole nitrogens is 1. The van der Waals surface area contributed by atoms with Gasteiger partial charge in [0.25, 0.3) is 0 Å². The lowest BCUT2D eigenvalue weighted by Crippen LogP contribution is -2.37. The maximum absolute atomic E-state index is 5.86. The van der Waals surface area contributed by atoms with Gasteiger partial charge in [-0.2, -0.15) is 0 Å². The number of hydrogen-bond acceptors (Lipinski definition) is 4. The van der Waals surface area contributed by atoms with Crippen LogP contribution >= 0.6 is 0 Å². The van der Waals surface area contributed by atoms with Crippen LogP contribution in [0, 0.1) is 6.92 Å². The Bertz CT molecular complexity index is 660. The summed E-state index contributed by atoms with van der Waals surface area (Å²) >= 11 is 0. The number of aryl methyl sites for hydroxylation is 1. The molecule has 1 fully saturated rings. The smallest absolute Gasteiger partial charge is 0.124 e. The van der Waals surface area contributed by atoms with Crippen molar-refractivity contribution in [1.29, 1.82) is 0 Å². The van der Waals surface area contributed by atoms with E-state index in [1.54, 1.807) is 14.2 Å². The first-order chi connectivity index (χ1) is 11.7. The molecular formula is C19H28N2O3. The van der Waals surface area contributed by atoms with Gasteiger partial charge in [-0.15, -0.1) is 0 Å². The molecule has 0 spiro atoms. The monoisotopic (exact) mass is 332 g/mol. The molecular weight excluding hydrogens is 304 g/mol. The van der Waals surface area contributed by atoms with E-state index in [9.17, 15) is 0 Å². The van der Waals surface area contributed by atoms with E-state index < -0.39 is 0 Å². The summed E-state index contributed by atoms with van der Waals surface area (Å²) in [4.78, 5) is 5.84. The van der Waals surface area contributed by atoms with Gasteiger partial charge in [0, 0.05) is 49.4 Å². The maximum Gasteiger partial charge on any atom is 0.124 e. The van der Waals surface area contributed by atoms with E-state index in [0.29, 0.717) is 19.3 Å². The third-order valence-electron chi connectivity index (χ3n) is 4.89. The molecule has 2 heterocycles. The summed E-state index contributed by atoms with van der Waals surface area (Å²) in [5, 5.41) is 1.27. The van der Waals surface area contributed by atoms with Crippen LogP contribution in [0.4, 0.5) is 0 Å². The van der Waals surface area contributed by atoms with Gasteiger partial charge >= 0.3 is 0 Å². The minimum Gasteiger partial charge on any atom is -0.496 e. The summed E-state index contributed by atoms with van der Waals surface area (Å²) < 4.78 is 16.6. The number of methoxy groups -OCH3 is 2. The van der Waals surface area contributed by atoms with E-state index in [-0.39, 0.29) is 0 Å². The minimum absolute atomic E-state index is 0.364. The average molecular weight is 332 g/mol. The van der Waals surface area contributed by atoms with Crippen LogP contribution in [0.25, 0.3) is 10.9 Å². The molecule has 1 N–H and O–H groups in total. The molecule has 2 aromatic rings. The first-order valence-electron chi connectivity index (χ1n) is 8.69. The van der Waals surface area contributed by atoms with Crippen molar-refractivity contribution in [2.45, 2.75) is 32.4 Å². The highest BCUT2D eigenvalue weighted by Gasteiger charge is 2.22. The molecule has 24 heavy (non-hydrogen) atoms. The number of benzene rings is 1. The fraction of sp³-hybridized carbons (Fsp3) is 0.579. The Balaban J connectivity index is 1.66. The lowest BCUT2D eigenvalue weighted by molar-refractivity contribution is -0.0158. The van der Waals surface area contributed by atoms with Gasteiger partial charge in [-0.1, -0.05) is 0 Å². The Kier molecular flexibility index (Phi) is 5.76. The number of hydrogen-bond donors (Lipinski definition) is 1. The Labute approximate surface area is 143 Å². The van der Waals surface area contributed by atoms with Crippen molar-refractivity contribution in [1.82, 2.24) is 9.88 Å². The van der Waals surface area contributed by atoms with E-state index in [1.165, 1.54) is 22.0 Å². The standard InChI is InChI=1S/C19H28N2O3/c1-14-12-18(23-3)17(16-4-7-20-19(14)16)13-21-8-5-15(6-9-21)24-11-10-22-2/h4,7,12,15,20H,5-6,8-11,13H2,1-3H3. The van der Waals surface area contributed by atoms with Crippen molar-refractivity contribution in [2.24, 2.45) is 0 Å². The predicted molar refractivity (Wildman–Crippen MR) is 95.7 cm³/mol. The largest absolute Gasteiger partial charge is 0.496 e. The third-order valence-corrected chi connectivity index (χ3v) is 4.89. The van der Waals surface area contributed by atoms with Crippen LogP contribution in [0.5, 0.6) is 5.75 Å². The maximum atomic E-state index is 5.86. The molecule has 0 atom stereocenters. The highest BCUT2D eigenvalue weighted by molar-refractivity contribution is 5.88. The molecule has 0 saturated carbocycles. The van der Waals surface area contributed by atoms with Gasteiger partial charge in [-0.3, -0.25) is 4.90 Å². The zero-order chi connectivity index (χ0) is 16.9. The van der Waals surface area contributed by atoms with Gasteiger partial charge in [-0.05, 0) is 37.5 Å². The molecule has 3 rings (SSSR count). The lowest BCUT2D eigenvalue weighted by Gasteiger charge is -2.32. The van der Waals surface area contributed by atoms with Gasteiger partial charge in [-0.25, -0.2) is 0 Å². The van der Waals surface area contributed by atoms with Crippen molar-refractivity contribution in [3.63, 3.8) is 0 Å². The van der Waals surface area contributed by atoms with Crippen molar-refractivity contribution in [2.75, 3.05) is 40.5 Å². The molecule has 0 unspecified atom stereocenters. The molecule has 132 valence electrons. The minimum atomic E-state index is 0.364. The Morgan fingerprint density at radius 3 is 2.71 bits per heavy atom. The number of fused-ring (bicyclic) bond motifs is 1. The fourth-order valence-electron chi connectivity index (χ4n) is 3.54. The first kappa shape index (κ1) is 17.3. The second-order valence-electron chi connectivity index (χ2n) is 6.48.